The summed E-state index contributed by atoms with van der Waals surface area (Å²) in [6.07, 6.45) is 5.29. The van der Waals surface area contributed by atoms with E-state index in [1.54, 1.807) is 25.4 Å². The van der Waals surface area contributed by atoms with E-state index >= 15 is 0 Å². The highest BCUT2D eigenvalue weighted by molar-refractivity contribution is 8.18. The van der Waals surface area contributed by atoms with Crippen molar-refractivity contribution < 1.29 is 23.8 Å². The van der Waals surface area contributed by atoms with E-state index in [2.05, 4.69) is 25.5 Å². The quantitative estimate of drug-likeness (QED) is 0.392. The van der Waals surface area contributed by atoms with Crippen molar-refractivity contribution in [3.63, 3.8) is 0 Å². The summed E-state index contributed by atoms with van der Waals surface area (Å²) >= 11 is 0.881. The number of thioether (sulfide) groups is 1. The molecule has 6 rings (SSSR count). The third-order valence-corrected chi connectivity index (χ3v) is 7.84. The Labute approximate surface area is 235 Å². The lowest BCUT2D eigenvalue weighted by Gasteiger charge is -2.32. The predicted molar refractivity (Wildman–Crippen MR) is 150 cm³/mol. The smallest absolute Gasteiger partial charge is 0.290 e. The van der Waals surface area contributed by atoms with Crippen LogP contribution in [0.4, 0.5) is 10.7 Å². The van der Waals surface area contributed by atoms with Crippen LogP contribution in [0.1, 0.15) is 24.2 Å². The summed E-state index contributed by atoms with van der Waals surface area (Å²) in [7, 11) is 1.66. The molecule has 12 heteroatoms. The zero-order valence-corrected chi connectivity index (χ0v) is 22.7. The number of nitrogens with one attached hydrogen (secondary N) is 2. The highest BCUT2D eigenvalue weighted by atomic mass is 32.2. The third-order valence-electron chi connectivity index (χ3n) is 7.03. The summed E-state index contributed by atoms with van der Waals surface area (Å²) in [5.41, 5.74) is 3.26. The van der Waals surface area contributed by atoms with Gasteiger partial charge in [0.1, 0.15) is 5.75 Å². The zero-order valence-electron chi connectivity index (χ0n) is 21.9. The van der Waals surface area contributed by atoms with Crippen LogP contribution >= 0.6 is 11.8 Å². The van der Waals surface area contributed by atoms with E-state index < -0.39 is 5.91 Å². The van der Waals surface area contributed by atoms with Gasteiger partial charge in [0.05, 0.1) is 29.1 Å². The number of aromatic nitrogens is 3. The van der Waals surface area contributed by atoms with E-state index in [1.165, 1.54) is 0 Å². The van der Waals surface area contributed by atoms with Gasteiger partial charge >= 0.3 is 0 Å². The normalized spacial score (nSPS) is 17.9. The van der Waals surface area contributed by atoms with Crippen LogP contribution in [-0.4, -0.2) is 59.6 Å². The maximum absolute atomic E-state index is 11.8. The molecule has 3 aliphatic heterocycles. The molecular weight excluding hydrogens is 532 g/mol. The molecule has 11 nitrogen and oxygen atoms in total. The van der Waals surface area contributed by atoms with E-state index in [0.29, 0.717) is 29.0 Å². The van der Waals surface area contributed by atoms with Crippen molar-refractivity contribution in [1.82, 2.24) is 25.6 Å². The largest absolute Gasteiger partial charge is 0.495 e. The van der Waals surface area contributed by atoms with Crippen LogP contribution in [0.25, 0.3) is 17.3 Å². The average molecular weight is 561 g/mol. The number of rotatable bonds is 8. The first-order valence-corrected chi connectivity index (χ1v) is 13.8. The number of amides is 2. The molecule has 0 aliphatic carbocycles. The van der Waals surface area contributed by atoms with Crippen LogP contribution in [0.5, 0.6) is 17.2 Å². The van der Waals surface area contributed by atoms with Gasteiger partial charge in [-0.3, -0.25) is 14.9 Å². The molecule has 40 heavy (non-hydrogen) atoms. The van der Waals surface area contributed by atoms with Gasteiger partial charge in [-0.1, -0.05) is 0 Å². The Morgan fingerprint density at radius 2 is 1.98 bits per heavy atom. The molecule has 3 aromatic rings. The third kappa shape index (κ3) is 5.73. The molecule has 2 aromatic heterocycles. The zero-order chi connectivity index (χ0) is 27.5. The van der Waals surface area contributed by atoms with Crippen LogP contribution in [0.3, 0.4) is 0 Å². The highest BCUT2D eigenvalue weighted by Gasteiger charge is 2.26. The summed E-state index contributed by atoms with van der Waals surface area (Å²) in [5, 5.41) is 5.46. The van der Waals surface area contributed by atoms with Crippen molar-refractivity contribution in [2.45, 2.75) is 19.4 Å². The van der Waals surface area contributed by atoms with E-state index in [-0.39, 0.29) is 12.0 Å². The molecule has 2 amide bonds. The molecule has 206 valence electrons. The number of pyridine rings is 1. The molecule has 0 unspecified atom stereocenters. The van der Waals surface area contributed by atoms with Gasteiger partial charge in [-0.15, -0.1) is 0 Å². The second-order valence-corrected chi connectivity index (χ2v) is 10.6. The molecule has 0 saturated carbocycles. The van der Waals surface area contributed by atoms with E-state index in [9.17, 15) is 9.59 Å². The summed E-state index contributed by atoms with van der Waals surface area (Å²) < 4.78 is 16.5. The van der Waals surface area contributed by atoms with Gasteiger partial charge in [0.2, 0.25) is 12.7 Å². The summed E-state index contributed by atoms with van der Waals surface area (Å²) in [6.45, 7) is 3.36. The molecular formula is C28H28N6O5S. The molecule has 5 heterocycles. The number of piperidine rings is 1. The Morgan fingerprint density at radius 1 is 1.12 bits per heavy atom. The van der Waals surface area contributed by atoms with Crippen LogP contribution in [0.15, 0.2) is 47.5 Å². The summed E-state index contributed by atoms with van der Waals surface area (Å²) in [5.74, 6) is 2.97. The number of fused-ring (bicyclic) bond motifs is 1. The van der Waals surface area contributed by atoms with Gasteiger partial charge in [-0.05, 0) is 79.5 Å². The fraction of sp³-hybridized carbons (Fsp3) is 0.321. The number of hydrogen-bond donors (Lipinski definition) is 2. The summed E-state index contributed by atoms with van der Waals surface area (Å²) in [4.78, 5) is 39.7. The van der Waals surface area contributed by atoms with Gasteiger partial charge in [0.15, 0.2) is 11.5 Å². The Hall–Kier alpha value is -4.16. The number of carbonyl (C=O) groups is 2. The monoisotopic (exact) mass is 560 g/mol. The Kier molecular flexibility index (Phi) is 7.51. The van der Waals surface area contributed by atoms with E-state index in [1.807, 2.05) is 30.3 Å². The van der Waals surface area contributed by atoms with Gasteiger partial charge < -0.3 is 24.4 Å². The van der Waals surface area contributed by atoms with Crippen molar-refractivity contribution in [2.24, 2.45) is 5.92 Å². The van der Waals surface area contributed by atoms with Crippen molar-refractivity contribution in [3.05, 3.63) is 58.9 Å². The molecule has 2 N–H and O–H groups in total. The molecule has 0 atom stereocenters. The van der Waals surface area contributed by atoms with Crippen molar-refractivity contribution in [1.29, 1.82) is 0 Å². The van der Waals surface area contributed by atoms with E-state index in [4.69, 9.17) is 19.2 Å². The lowest BCUT2D eigenvalue weighted by molar-refractivity contribution is -0.115. The maximum Gasteiger partial charge on any atom is 0.290 e. The molecule has 0 bridgehead atoms. The number of methoxy groups -OCH3 is 1. The molecule has 3 aliphatic rings. The molecule has 1 aromatic carbocycles. The highest BCUT2D eigenvalue weighted by Crippen LogP contribution is 2.36. The van der Waals surface area contributed by atoms with E-state index in [0.717, 1.165) is 78.4 Å². The second kappa shape index (κ2) is 11.5. The predicted octanol–water partition coefficient (Wildman–Crippen LogP) is 3.61. The van der Waals surface area contributed by atoms with Gasteiger partial charge in [0, 0.05) is 31.4 Å². The average Bonchev–Trinajstić information content (AvgIpc) is 3.58. The van der Waals surface area contributed by atoms with Gasteiger partial charge in [-0.2, -0.15) is 0 Å². The number of hydrogen-bond acceptors (Lipinski definition) is 11. The van der Waals surface area contributed by atoms with Crippen molar-refractivity contribution >= 4 is 34.9 Å². The van der Waals surface area contributed by atoms with Gasteiger partial charge in [0.25, 0.3) is 11.1 Å². The van der Waals surface area contributed by atoms with Crippen LogP contribution in [0, 0.1) is 5.92 Å². The van der Waals surface area contributed by atoms with Crippen molar-refractivity contribution in [3.8, 4) is 28.5 Å². The summed E-state index contributed by atoms with van der Waals surface area (Å²) in [6, 6.07) is 11.5. The first kappa shape index (κ1) is 26.1. The fourth-order valence-corrected chi connectivity index (χ4v) is 5.57. The SMILES string of the molecule is COc1ccc(-c2ccc3c(c2)OCO3)nc1CNCC1CCN(c2nccc(/C=C3/SC(=O)NC3=O)n2)CC1. The second-order valence-electron chi connectivity index (χ2n) is 9.61. The minimum Gasteiger partial charge on any atom is -0.495 e. The van der Waals surface area contributed by atoms with Crippen molar-refractivity contribution in [2.75, 3.05) is 38.4 Å². The lowest BCUT2D eigenvalue weighted by atomic mass is 9.97. The van der Waals surface area contributed by atoms with Gasteiger partial charge in [-0.25, -0.2) is 15.0 Å². The van der Waals surface area contributed by atoms with Crippen LogP contribution in [0.2, 0.25) is 0 Å². The minimum absolute atomic E-state index is 0.239. The molecule has 2 saturated heterocycles. The number of ether oxygens (including phenoxy) is 3. The topological polar surface area (TPSA) is 128 Å². The number of imide groups is 1. The van der Waals surface area contributed by atoms with Crippen LogP contribution in [-0.2, 0) is 11.3 Å². The molecule has 0 radical (unpaired) electrons. The minimum atomic E-state index is -0.393. The number of benzene rings is 1. The maximum atomic E-state index is 11.8. The number of carbonyl (C=O) groups excluding carboxylic acids is 2. The first-order valence-electron chi connectivity index (χ1n) is 13.0. The first-order chi connectivity index (χ1) is 19.6. The Balaban J connectivity index is 1.03. The van der Waals surface area contributed by atoms with Crippen LogP contribution < -0.4 is 29.7 Å². The standard InChI is InChI=1S/C28H28N6O5S/c1-37-22-5-3-20(18-2-4-23-24(12-18)39-16-38-23)32-21(22)15-29-14-17-7-10-34(11-8-17)27-30-9-6-19(31-27)13-25-26(35)33-28(36)40-25/h2-6,9,12-13,17,29H,7-8,10-11,14-16H2,1H3,(H,33,35,36)/b25-13+. The fourth-order valence-electron chi connectivity index (χ4n) is 4.90. The Bertz CT molecular complexity index is 1470. The Morgan fingerprint density at radius 3 is 2.77 bits per heavy atom. The lowest BCUT2D eigenvalue weighted by Crippen LogP contribution is -2.38. The molecule has 0 spiro atoms. The number of nitrogens with zero attached hydrogens (tertiary/aromatic N) is 4. The molecule has 2 fully saturated rings. The number of anilines is 1.